The van der Waals surface area contributed by atoms with Gasteiger partial charge in [0.15, 0.2) is 11.0 Å². The largest absolute Gasteiger partial charge is 0.419 e. The average molecular weight is 465 g/mol. The average Bonchev–Trinajstić information content (AvgIpc) is 3.41. The topological polar surface area (TPSA) is 113 Å². The standard InChI is InChI=1S/C23H24N6O3S/c1-14(20-25-26-21(32-20)16-8-12-18(13-9-16)29(30)31)33-22-27-24-19(28(22)5)15-6-10-17(11-7-15)23(2,3)4/h6-14H,1-5H3. The highest BCUT2D eigenvalue weighted by molar-refractivity contribution is 7.99. The normalized spacial score (nSPS) is 12.6. The van der Waals surface area contributed by atoms with Crippen molar-refractivity contribution in [3.8, 4) is 22.8 Å². The smallest absolute Gasteiger partial charge is 0.269 e. The zero-order chi connectivity index (χ0) is 23.8. The van der Waals surface area contributed by atoms with E-state index in [2.05, 4.69) is 65.4 Å². The van der Waals surface area contributed by atoms with Gasteiger partial charge in [-0.1, -0.05) is 56.8 Å². The Morgan fingerprint density at radius 3 is 2.21 bits per heavy atom. The molecule has 0 radical (unpaired) electrons. The lowest BCUT2D eigenvalue weighted by Crippen LogP contribution is -2.10. The number of nitro groups is 1. The highest BCUT2D eigenvalue weighted by Crippen LogP contribution is 2.35. The van der Waals surface area contributed by atoms with E-state index in [0.29, 0.717) is 17.3 Å². The number of benzene rings is 2. The van der Waals surface area contributed by atoms with E-state index in [1.165, 1.54) is 29.5 Å². The fraction of sp³-hybridized carbons (Fsp3) is 0.304. The lowest BCUT2D eigenvalue weighted by atomic mass is 9.87. The Morgan fingerprint density at radius 1 is 0.970 bits per heavy atom. The molecule has 2 aromatic heterocycles. The molecule has 1 unspecified atom stereocenters. The predicted molar refractivity (Wildman–Crippen MR) is 126 cm³/mol. The SMILES string of the molecule is CC(Sc1nnc(-c2ccc(C(C)(C)C)cc2)n1C)c1nnc(-c2ccc([N+](=O)[O-])cc2)o1. The van der Waals surface area contributed by atoms with Gasteiger partial charge in [-0.15, -0.1) is 20.4 Å². The summed E-state index contributed by atoms with van der Waals surface area (Å²) in [7, 11) is 1.93. The van der Waals surface area contributed by atoms with E-state index in [9.17, 15) is 10.1 Å². The van der Waals surface area contributed by atoms with E-state index in [0.717, 1.165) is 16.5 Å². The van der Waals surface area contributed by atoms with Crippen molar-refractivity contribution in [3.05, 3.63) is 70.1 Å². The number of aromatic nitrogens is 5. The first-order valence-corrected chi connectivity index (χ1v) is 11.3. The summed E-state index contributed by atoms with van der Waals surface area (Å²) in [6.45, 7) is 8.51. The maximum atomic E-state index is 10.8. The van der Waals surface area contributed by atoms with Crippen molar-refractivity contribution in [2.75, 3.05) is 0 Å². The van der Waals surface area contributed by atoms with Crippen molar-refractivity contribution >= 4 is 17.4 Å². The molecule has 0 spiro atoms. The van der Waals surface area contributed by atoms with Crippen LogP contribution in [0.15, 0.2) is 58.1 Å². The molecule has 0 saturated carbocycles. The van der Waals surface area contributed by atoms with Crippen LogP contribution in [-0.4, -0.2) is 29.9 Å². The second kappa shape index (κ2) is 8.78. The monoisotopic (exact) mass is 464 g/mol. The molecule has 10 heteroatoms. The van der Waals surface area contributed by atoms with Crippen LogP contribution in [0.25, 0.3) is 22.8 Å². The molecule has 4 aromatic rings. The fourth-order valence-electron chi connectivity index (χ4n) is 3.24. The van der Waals surface area contributed by atoms with Gasteiger partial charge in [0.05, 0.1) is 10.2 Å². The molecule has 4 rings (SSSR count). The summed E-state index contributed by atoms with van der Waals surface area (Å²) < 4.78 is 7.76. The van der Waals surface area contributed by atoms with Crippen molar-refractivity contribution in [3.63, 3.8) is 0 Å². The molecule has 2 heterocycles. The Labute approximate surface area is 195 Å². The van der Waals surface area contributed by atoms with Crippen LogP contribution in [0.4, 0.5) is 5.69 Å². The Morgan fingerprint density at radius 2 is 1.61 bits per heavy atom. The minimum atomic E-state index is -0.449. The lowest BCUT2D eigenvalue weighted by Gasteiger charge is -2.19. The third kappa shape index (κ3) is 4.80. The first kappa shape index (κ1) is 22.7. The summed E-state index contributed by atoms with van der Waals surface area (Å²) in [6, 6.07) is 14.4. The summed E-state index contributed by atoms with van der Waals surface area (Å²) >= 11 is 1.46. The third-order valence-electron chi connectivity index (χ3n) is 5.24. The van der Waals surface area contributed by atoms with E-state index >= 15 is 0 Å². The maximum Gasteiger partial charge on any atom is 0.269 e. The third-order valence-corrected chi connectivity index (χ3v) is 6.36. The van der Waals surface area contributed by atoms with E-state index in [1.807, 2.05) is 18.5 Å². The predicted octanol–water partition coefficient (Wildman–Crippen LogP) is 5.59. The minimum absolute atomic E-state index is 0.00791. The molecule has 0 N–H and O–H groups in total. The van der Waals surface area contributed by atoms with Gasteiger partial charge in [0, 0.05) is 30.3 Å². The molecule has 0 bridgehead atoms. The van der Waals surface area contributed by atoms with Gasteiger partial charge in [-0.2, -0.15) is 0 Å². The van der Waals surface area contributed by atoms with Crippen LogP contribution >= 0.6 is 11.8 Å². The van der Waals surface area contributed by atoms with Gasteiger partial charge < -0.3 is 8.98 Å². The number of thioether (sulfide) groups is 1. The number of nitro benzene ring substituents is 1. The highest BCUT2D eigenvalue weighted by Gasteiger charge is 2.21. The molecule has 1 atom stereocenters. The van der Waals surface area contributed by atoms with Crippen molar-refractivity contribution in [1.82, 2.24) is 25.0 Å². The Balaban J connectivity index is 1.49. The van der Waals surface area contributed by atoms with Gasteiger partial charge in [-0.25, -0.2) is 0 Å². The summed E-state index contributed by atoms with van der Waals surface area (Å²) in [5, 5.41) is 28.3. The first-order chi connectivity index (χ1) is 15.6. The lowest BCUT2D eigenvalue weighted by molar-refractivity contribution is -0.384. The first-order valence-electron chi connectivity index (χ1n) is 10.4. The molecular formula is C23H24N6O3S. The quantitative estimate of drug-likeness (QED) is 0.206. The molecule has 0 aliphatic rings. The van der Waals surface area contributed by atoms with Crippen molar-refractivity contribution in [1.29, 1.82) is 0 Å². The number of nitrogens with zero attached hydrogens (tertiary/aromatic N) is 6. The van der Waals surface area contributed by atoms with Crippen LogP contribution in [0.5, 0.6) is 0 Å². The molecule has 0 amide bonds. The van der Waals surface area contributed by atoms with Gasteiger partial charge >= 0.3 is 0 Å². The van der Waals surface area contributed by atoms with Gasteiger partial charge in [0.1, 0.15) is 0 Å². The molecule has 33 heavy (non-hydrogen) atoms. The fourth-order valence-corrected chi connectivity index (χ4v) is 4.08. The zero-order valence-corrected chi connectivity index (χ0v) is 19.8. The molecule has 0 aliphatic carbocycles. The molecular weight excluding hydrogens is 440 g/mol. The van der Waals surface area contributed by atoms with Crippen molar-refractivity contribution in [2.24, 2.45) is 7.05 Å². The van der Waals surface area contributed by atoms with Gasteiger partial charge in [-0.05, 0) is 30.0 Å². The van der Waals surface area contributed by atoms with Crippen LogP contribution in [0.3, 0.4) is 0 Å². The van der Waals surface area contributed by atoms with E-state index in [-0.39, 0.29) is 16.4 Å². The Hall–Kier alpha value is -3.53. The van der Waals surface area contributed by atoms with Crippen molar-refractivity contribution in [2.45, 2.75) is 43.5 Å². The number of hydrogen-bond donors (Lipinski definition) is 0. The summed E-state index contributed by atoms with van der Waals surface area (Å²) in [6.07, 6.45) is 0. The molecule has 9 nitrogen and oxygen atoms in total. The Bertz CT molecular complexity index is 1270. The molecule has 170 valence electrons. The summed E-state index contributed by atoms with van der Waals surface area (Å²) in [5.74, 6) is 1.53. The summed E-state index contributed by atoms with van der Waals surface area (Å²) in [5.41, 5.74) is 2.98. The van der Waals surface area contributed by atoms with Crippen LogP contribution < -0.4 is 0 Å². The maximum absolute atomic E-state index is 10.8. The minimum Gasteiger partial charge on any atom is -0.419 e. The van der Waals surface area contributed by atoms with E-state index in [1.54, 1.807) is 12.1 Å². The van der Waals surface area contributed by atoms with Crippen LogP contribution in [-0.2, 0) is 12.5 Å². The van der Waals surface area contributed by atoms with E-state index in [4.69, 9.17) is 4.42 Å². The molecule has 0 fully saturated rings. The molecule has 0 saturated heterocycles. The van der Waals surface area contributed by atoms with Crippen LogP contribution in [0, 0.1) is 10.1 Å². The van der Waals surface area contributed by atoms with Gasteiger partial charge in [0.25, 0.3) is 5.69 Å². The van der Waals surface area contributed by atoms with Gasteiger partial charge in [-0.3, -0.25) is 10.1 Å². The van der Waals surface area contributed by atoms with Crippen molar-refractivity contribution < 1.29 is 9.34 Å². The van der Waals surface area contributed by atoms with E-state index < -0.39 is 4.92 Å². The molecule has 0 aliphatic heterocycles. The number of hydrogen-bond acceptors (Lipinski definition) is 8. The second-order valence-electron chi connectivity index (χ2n) is 8.70. The molecule has 2 aromatic carbocycles. The number of non-ortho nitro benzene ring substituents is 1. The Kier molecular flexibility index (Phi) is 6.03. The van der Waals surface area contributed by atoms with Crippen LogP contribution in [0.1, 0.15) is 44.4 Å². The zero-order valence-electron chi connectivity index (χ0n) is 19.0. The summed E-state index contributed by atoms with van der Waals surface area (Å²) in [4.78, 5) is 10.4. The van der Waals surface area contributed by atoms with Gasteiger partial charge in [0.2, 0.25) is 11.8 Å². The highest BCUT2D eigenvalue weighted by atomic mass is 32.2. The van der Waals surface area contributed by atoms with Crippen LogP contribution in [0.2, 0.25) is 0 Å². The number of rotatable bonds is 6. The second-order valence-corrected chi connectivity index (χ2v) is 10.0.